The monoisotopic (exact) mass is 269 g/mol. The molecule has 0 bridgehead atoms. The summed E-state index contributed by atoms with van der Waals surface area (Å²) in [7, 11) is 1.41. The van der Waals surface area contributed by atoms with Crippen LogP contribution in [-0.4, -0.2) is 30.0 Å². The minimum Gasteiger partial charge on any atom is -0.259 e. The Morgan fingerprint density at radius 2 is 2.00 bits per heavy atom. The van der Waals surface area contributed by atoms with Gasteiger partial charge in [-0.2, -0.15) is 13.2 Å². The van der Waals surface area contributed by atoms with Crippen molar-refractivity contribution < 1.29 is 22.0 Å². The third-order valence-electron chi connectivity index (χ3n) is 2.09. The normalized spacial score (nSPS) is 12.4. The minimum absolute atomic E-state index is 0.0847. The van der Waals surface area contributed by atoms with Gasteiger partial charge in [0, 0.05) is 13.2 Å². The molecule has 1 aromatic heterocycles. The summed E-state index contributed by atoms with van der Waals surface area (Å²) < 4.78 is 60.6. The molecule has 1 aromatic rings. The van der Waals surface area contributed by atoms with E-state index in [9.17, 15) is 22.0 Å². The maximum absolute atomic E-state index is 12.2. The second-order valence-corrected chi connectivity index (χ2v) is 3.64. The van der Waals surface area contributed by atoms with Crippen LogP contribution in [0.5, 0.6) is 0 Å². The van der Waals surface area contributed by atoms with Crippen LogP contribution in [-0.2, 0) is 12.7 Å². The van der Waals surface area contributed by atoms with Gasteiger partial charge in [0.15, 0.2) is 0 Å². The Morgan fingerprint density at radius 1 is 1.33 bits per heavy atom. The molecule has 0 aliphatic rings. The Kier molecular flexibility index (Phi) is 4.97. The number of rotatable bonds is 5. The first-order chi connectivity index (χ1) is 8.29. The smallest absolute Gasteiger partial charge is 0.259 e. The Balaban J connectivity index is 2.49. The predicted octanol–water partition coefficient (Wildman–Crippen LogP) is 2.30. The molecule has 1 heterocycles. The highest BCUT2D eigenvalue weighted by Crippen LogP contribution is 2.28. The zero-order chi connectivity index (χ0) is 13.8. The van der Waals surface area contributed by atoms with Crippen molar-refractivity contribution in [3.8, 4) is 0 Å². The Bertz CT molecular complexity index is 363. The summed E-state index contributed by atoms with van der Waals surface area (Å²) in [5.74, 6) is 0. The van der Waals surface area contributed by atoms with Crippen molar-refractivity contribution in [2.24, 2.45) is 0 Å². The lowest BCUT2D eigenvalue weighted by Crippen LogP contribution is -2.37. The average Bonchev–Trinajstić information content (AvgIpc) is 2.25. The van der Waals surface area contributed by atoms with E-state index in [4.69, 9.17) is 0 Å². The van der Waals surface area contributed by atoms with Gasteiger partial charge in [-0.3, -0.25) is 4.98 Å². The summed E-state index contributed by atoms with van der Waals surface area (Å²) in [4.78, 5) is 3.60. The van der Waals surface area contributed by atoms with E-state index in [0.29, 0.717) is 11.9 Å². The fraction of sp³-hybridized carbons (Fsp3) is 0.500. The van der Waals surface area contributed by atoms with Crippen LogP contribution in [0.25, 0.3) is 0 Å². The molecule has 1 N–H and O–H groups in total. The van der Waals surface area contributed by atoms with Crippen LogP contribution in [0.1, 0.15) is 11.3 Å². The first-order valence-electron chi connectivity index (χ1n) is 5.04. The van der Waals surface area contributed by atoms with E-state index >= 15 is 0 Å². The molecular weight excluding hydrogens is 257 g/mol. The molecule has 8 heteroatoms. The van der Waals surface area contributed by atoms with Gasteiger partial charge in [-0.15, -0.1) is 0 Å². The van der Waals surface area contributed by atoms with Crippen molar-refractivity contribution in [3.63, 3.8) is 0 Å². The quantitative estimate of drug-likeness (QED) is 0.656. The molecule has 3 nitrogen and oxygen atoms in total. The molecule has 0 aliphatic heterocycles. The molecule has 18 heavy (non-hydrogen) atoms. The number of aromatic nitrogens is 1. The fourth-order valence-electron chi connectivity index (χ4n) is 1.18. The van der Waals surface area contributed by atoms with Gasteiger partial charge in [0.1, 0.15) is 0 Å². The van der Waals surface area contributed by atoms with Crippen LogP contribution >= 0.6 is 0 Å². The highest BCUT2D eigenvalue weighted by molar-refractivity contribution is 5.16. The van der Waals surface area contributed by atoms with Crippen LogP contribution in [0.3, 0.4) is 0 Å². The van der Waals surface area contributed by atoms with Gasteiger partial charge in [-0.05, 0) is 12.1 Å². The van der Waals surface area contributed by atoms with Crippen molar-refractivity contribution in [2.75, 3.05) is 13.6 Å². The van der Waals surface area contributed by atoms with Crippen molar-refractivity contribution in [1.82, 2.24) is 15.4 Å². The molecule has 0 fully saturated rings. The van der Waals surface area contributed by atoms with Crippen molar-refractivity contribution in [2.45, 2.75) is 19.1 Å². The van der Waals surface area contributed by atoms with E-state index in [1.807, 2.05) is 0 Å². The summed E-state index contributed by atoms with van der Waals surface area (Å²) in [6, 6.07) is 2.10. The highest BCUT2D eigenvalue weighted by Gasteiger charge is 2.30. The zero-order valence-corrected chi connectivity index (χ0v) is 9.51. The number of nitrogens with zero attached hydrogens (tertiary/aromatic N) is 2. The lowest BCUT2D eigenvalue weighted by Gasteiger charge is -2.17. The number of halogens is 5. The van der Waals surface area contributed by atoms with Crippen molar-refractivity contribution in [3.05, 3.63) is 29.6 Å². The molecule has 0 saturated carbocycles. The Hall–Kier alpha value is -1.28. The number of hydrogen-bond acceptors (Lipinski definition) is 3. The van der Waals surface area contributed by atoms with Crippen LogP contribution in [0.2, 0.25) is 0 Å². The minimum atomic E-state index is -4.43. The SMILES string of the molecule is CN(CC(F)F)NCc1ccc(C(F)(F)F)cn1. The van der Waals surface area contributed by atoms with E-state index in [-0.39, 0.29) is 6.54 Å². The predicted molar refractivity (Wildman–Crippen MR) is 54.7 cm³/mol. The molecule has 0 amide bonds. The van der Waals surface area contributed by atoms with Crippen LogP contribution in [0.15, 0.2) is 18.3 Å². The van der Waals surface area contributed by atoms with Crippen LogP contribution < -0.4 is 5.43 Å². The average molecular weight is 269 g/mol. The molecule has 0 radical (unpaired) electrons. The number of hydrogen-bond donors (Lipinski definition) is 1. The molecule has 0 aliphatic carbocycles. The molecule has 102 valence electrons. The van der Waals surface area contributed by atoms with Gasteiger partial charge >= 0.3 is 6.18 Å². The maximum Gasteiger partial charge on any atom is 0.417 e. The summed E-state index contributed by atoms with van der Waals surface area (Å²) in [5, 5.41) is 1.16. The highest BCUT2D eigenvalue weighted by atomic mass is 19.4. The zero-order valence-electron chi connectivity index (χ0n) is 9.51. The van der Waals surface area contributed by atoms with Crippen molar-refractivity contribution >= 4 is 0 Å². The van der Waals surface area contributed by atoms with E-state index in [1.165, 1.54) is 13.1 Å². The molecule has 1 rings (SSSR count). The van der Waals surface area contributed by atoms with E-state index in [0.717, 1.165) is 11.1 Å². The largest absolute Gasteiger partial charge is 0.417 e. The van der Waals surface area contributed by atoms with Gasteiger partial charge in [-0.1, -0.05) is 0 Å². The van der Waals surface area contributed by atoms with Crippen LogP contribution in [0.4, 0.5) is 22.0 Å². The molecule has 0 unspecified atom stereocenters. The van der Waals surface area contributed by atoms with Gasteiger partial charge in [-0.25, -0.2) is 19.2 Å². The lowest BCUT2D eigenvalue weighted by molar-refractivity contribution is -0.137. The topological polar surface area (TPSA) is 28.2 Å². The van der Waals surface area contributed by atoms with Gasteiger partial charge in [0.05, 0.1) is 24.3 Å². The van der Waals surface area contributed by atoms with E-state index in [1.54, 1.807) is 0 Å². The first-order valence-corrected chi connectivity index (χ1v) is 5.04. The molecule has 0 atom stereocenters. The fourth-order valence-corrected chi connectivity index (χ4v) is 1.18. The number of pyridine rings is 1. The number of alkyl halides is 5. The first kappa shape index (κ1) is 14.8. The van der Waals surface area contributed by atoms with Crippen molar-refractivity contribution in [1.29, 1.82) is 0 Å². The van der Waals surface area contributed by atoms with Gasteiger partial charge < -0.3 is 0 Å². The molecule has 0 spiro atoms. The third-order valence-corrected chi connectivity index (χ3v) is 2.09. The maximum atomic E-state index is 12.2. The van der Waals surface area contributed by atoms with Gasteiger partial charge in [0.25, 0.3) is 6.43 Å². The Labute approximate surface area is 101 Å². The summed E-state index contributed by atoms with van der Waals surface area (Å²) in [5.41, 5.74) is 2.09. The summed E-state index contributed by atoms with van der Waals surface area (Å²) in [6.45, 7) is -0.387. The molecule has 0 aromatic carbocycles. The Morgan fingerprint density at radius 3 is 2.44 bits per heavy atom. The van der Waals surface area contributed by atoms with E-state index in [2.05, 4.69) is 10.4 Å². The summed E-state index contributed by atoms with van der Waals surface area (Å²) >= 11 is 0. The molecule has 0 saturated heterocycles. The number of nitrogens with one attached hydrogen (secondary N) is 1. The third kappa shape index (κ3) is 4.92. The van der Waals surface area contributed by atoms with Crippen LogP contribution in [0, 0.1) is 0 Å². The molecular formula is C10H12F5N3. The standard InChI is InChI=1S/C10H12F5N3/c1-18(6-9(11)12)17-5-8-3-2-7(4-16-8)10(13,14)15/h2-4,9,17H,5-6H2,1H3. The lowest BCUT2D eigenvalue weighted by atomic mass is 10.2. The second-order valence-electron chi connectivity index (χ2n) is 3.64. The van der Waals surface area contributed by atoms with Gasteiger partial charge in [0.2, 0.25) is 0 Å². The van der Waals surface area contributed by atoms with E-state index < -0.39 is 24.7 Å². The summed E-state index contributed by atoms with van der Waals surface area (Å²) in [6.07, 6.45) is -6.20. The number of hydrazine groups is 1. The second kappa shape index (κ2) is 6.05.